The van der Waals surface area contributed by atoms with Gasteiger partial charge in [-0.2, -0.15) is 0 Å². The van der Waals surface area contributed by atoms with Gasteiger partial charge in [0.25, 0.3) is 0 Å². The minimum Gasteiger partial charge on any atom is -0.478 e. The summed E-state index contributed by atoms with van der Waals surface area (Å²) >= 11 is 17.9. The summed E-state index contributed by atoms with van der Waals surface area (Å²) in [5.41, 5.74) is -1.98. The number of nitrogens with two attached hydrogens (primary N) is 1. The number of carboxylic acids is 1. The molecule has 2 aromatic carbocycles. The number of carbonyl (C=O) groups is 2. The lowest BCUT2D eigenvalue weighted by Gasteiger charge is -2.23. The number of rotatable bonds is 6. The van der Waals surface area contributed by atoms with E-state index in [2.05, 4.69) is 0 Å². The third kappa shape index (κ3) is 4.42. The van der Waals surface area contributed by atoms with Gasteiger partial charge in [0.2, 0.25) is 10.0 Å². The van der Waals surface area contributed by atoms with Crippen molar-refractivity contribution in [3.63, 3.8) is 0 Å². The summed E-state index contributed by atoms with van der Waals surface area (Å²) in [6.07, 6.45) is 0. The van der Waals surface area contributed by atoms with Crippen LogP contribution in [0.25, 0.3) is 0 Å². The second kappa shape index (κ2) is 7.88. The second-order valence-corrected chi connectivity index (χ2v) is 8.81. The monoisotopic (exact) mass is 465 g/mol. The summed E-state index contributed by atoms with van der Waals surface area (Å²) in [5, 5.41) is 13.2. The molecule has 0 aliphatic carbocycles. The van der Waals surface area contributed by atoms with Gasteiger partial charge < -0.3 is 9.84 Å². The molecule has 0 aliphatic heterocycles. The van der Waals surface area contributed by atoms with Crippen molar-refractivity contribution in [2.75, 3.05) is 0 Å². The largest absolute Gasteiger partial charge is 0.478 e. The third-order valence-electron chi connectivity index (χ3n) is 3.66. The zero-order chi connectivity index (χ0) is 21.4. The molecule has 0 radical (unpaired) electrons. The molecule has 0 saturated heterocycles. The van der Waals surface area contributed by atoms with E-state index in [1.807, 2.05) is 0 Å². The maximum absolute atomic E-state index is 13.0. The number of benzene rings is 2. The van der Waals surface area contributed by atoms with Crippen molar-refractivity contribution in [2.45, 2.75) is 24.3 Å². The number of carboxylic acid groups (broad SMARTS) is 1. The topological polar surface area (TPSA) is 124 Å². The Morgan fingerprint density at radius 3 is 2.18 bits per heavy atom. The Morgan fingerprint density at radius 2 is 1.64 bits per heavy atom. The first-order valence-corrected chi connectivity index (χ1v) is 10.2. The van der Waals surface area contributed by atoms with E-state index in [1.54, 1.807) is 0 Å². The summed E-state index contributed by atoms with van der Waals surface area (Å²) in [6.45, 7) is 2.61. The average molecular weight is 467 g/mol. The molecule has 0 heterocycles. The maximum atomic E-state index is 13.0. The van der Waals surface area contributed by atoms with Crippen LogP contribution in [0.5, 0.6) is 5.75 Å². The van der Waals surface area contributed by atoms with E-state index in [-0.39, 0.29) is 21.9 Å². The summed E-state index contributed by atoms with van der Waals surface area (Å²) in [6, 6.07) is 6.91. The highest BCUT2D eigenvalue weighted by molar-refractivity contribution is 7.89. The lowest BCUT2D eigenvalue weighted by Crippen LogP contribution is -2.38. The van der Waals surface area contributed by atoms with Crippen molar-refractivity contribution >= 4 is 56.6 Å². The Hall–Kier alpha value is -1.84. The smallest absolute Gasteiger partial charge is 0.347 e. The maximum Gasteiger partial charge on any atom is 0.347 e. The first-order valence-electron chi connectivity index (χ1n) is 7.53. The Labute approximate surface area is 176 Å². The molecule has 0 atom stereocenters. The third-order valence-corrected chi connectivity index (χ3v) is 6.04. The highest BCUT2D eigenvalue weighted by Gasteiger charge is 2.32. The van der Waals surface area contributed by atoms with Gasteiger partial charge in [0, 0.05) is 5.56 Å². The van der Waals surface area contributed by atoms with Gasteiger partial charge in [0.05, 0.1) is 20.6 Å². The van der Waals surface area contributed by atoms with Gasteiger partial charge in [-0.05, 0) is 32.0 Å². The molecule has 11 heteroatoms. The van der Waals surface area contributed by atoms with Crippen molar-refractivity contribution in [3.8, 4) is 5.75 Å². The number of primary sulfonamides is 1. The molecule has 2 rings (SSSR count). The number of aliphatic carboxylic acids is 1. The minimum atomic E-state index is -4.38. The molecular formula is C17H14Cl3NO6S. The molecule has 0 bridgehead atoms. The van der Waals surface area contributed by atoms with E-state index >= 15 is 0 Å². The van der Waals surface area contributed by atoms with Crippen LogP contribution in [0.15, 0.2) is 35.2 Å². The van der Waals surface area contributed by atoms with Crippen LogP contribution in [0.3, 0.4) is 0 Å². The average Bonchev–Trinajstić information content (AvgIpc) is 2.56. The van der Waals surface area contributed by atoms with Crippen molar-refractivity contribution in [1.29, 1.82) is 0 Å². The van der Waals surface area contributed by atoms with Crippen LogP contribution in [-0.4, -0.2) is 30.9 Å². The second-order valence-electron chi connectivity index (χ2n) is 6.15. The Bertz CT molecular complexity index is 1080. The van der Waals surface area contributed by atoms with Gasteiger partial charge in [-0.3, -0.25) is 4.79 Å². The number of hydrogen-bond acceptors (Lipinski definition) is 5. The lowest BCUT2D eigenvalue weighted by molar-refractivity contribution is -0.152. The summed E-state index contributed by atoms with van der Waals surface area (Å²) in [5.74, 6) is -2.05. The fraction of sp³-hybridized carbons (Fsp3) is 0.176. The predicted molar refractivity (Wildman–Crippen MR) is 105 cm³/mol. The molecular weight excluding hydrogens is 453 g/mol. The molecule has 7 nitrogen and oxygen atoms in total. The number of para-hydroxylation sites is 1. The van der Waals surface area contributed by atoms with Gasteiger partial charge in [0.15, 0.2) is 11.4 Å². The van der Waals surface area contributed by atoms with Gasteiger partial charge in [-0.15, -0.1) is 0 Å². The number of carbonyl (C=O) groups excluding carboxylic acids is 1. The zero-order valence-corrected chi connectivity index (χ0v) is 17.6. The van der Waals surface area contributed by atoms with Crippen LogP contribution in [0.4, 0.5) is 0 Å². The van der Waals surface area contributed by atoms with Crippen molar-refractivity contribution in [1.82, 2.24) is 0 Å². The van der Waals surface area contributed by atoms with Gasteiger partial charge in [-0.25, -0.2) is 18.4 Å². The van der Waals surface area contributed by atoms with E-state index < -0.39 is 42.3 Å². The highest BCUT2D eigenvalue weighted by Crippen LogP contribution is 2.39. The van der Waals surface area contributed by atoms with Crippen LogP contribution < -0.4 is 9.88 Å². The van der Waals surface area contributed by atoms with Gasteiger partial charge in [-0.1, -0.05) is 46.9 Å². The summed E-state index contributed by atoms with van der Waals surface area (Å²) < 4.78 is 29.1. The number of ketones is 1. The lowest BCUT2D eigenvalue weighted by atomic mass is 10.0. The van der Waals surface area contributed by atoms with E-state index in [4.69, 9.17) is 44.7 Å². The molecule has 0 aromatic heterocycles. The summed E-state index contributed by atoms with van der Waals surface area (Å²) in [7, 11) is -4.38. The molecule has 0 saturated carbocycles. The molecule has 0 fully saturated rings. The number of sulfonamides is 1. The zero-order valence-electron chi connectivity index (χ0n) is 14.5. The fourth-order valence-electron chi connectivity index (χ4n) is 2.20. The van der Waals surface area contributed by atoms with Crippen LogP contribution in [0, 0.1) is 0 Å². The van der Waals surface area contributed by atoms with E-state index in [9.17, 15) is 23.1 Å². The molecule has 28 heavy (non-hydrogen) atoms. The van der Waals surface area contributed by atoms with Crippen molar-refractivity contribution in [2.24, 2.45) is 5.14 Å². The van der Waals surface area contributed by atoms with Crippen LogP contribution in [0.2, 0.25) is 15.1 Å². The number of hydrogen-bond donors (Lipinski definition) is 2. The Kier molecular flexibility index (Phi) is 6.32. The van der Waals surface area contributed by atoms with Crippen LogP contribution in [0.1, 0.15) is 29.8 Å². The minimum absolute atomic E-state index is 0.0424. The molecule has 0 unspecified atom stereocenters. The van der Waals surface area contributed by atoms with Crippen LogP contribution >= 0.6 is 34.8 Å². The molecule has 0 spiro atoms. The summed E-state index contributed by atoms with van der Waals surface area (Å²) in [4.78, 5) is 23.7. The van der Waals surface area contributed by atoms with Gasteiger partial charge in [0.1, 0.15) is 10.6 Å². The van der Waals surface area contributed by atoms with Crippen LogP contribution in [-0.2, 0) is 14.8 Å². The molecule has 150 valence electrons. The molecule has 0 amide bonds. The first kappa shape index (κ1) is 22.4. The normalized spacial score (nSPS) is 11.9. The Balaban J connectivity index is 2.67. The number of halogens is 3. The molecule has 3 N–H and O–H groups in total. The van der Waals surface area contributed by atoms with Crippen molar-refractivity contribution in [3.05, 3.63) is 56.5 Å². The molecule has 0 aliphatic rings. The van der Waals surface area contributed by atoms with E-state index in [1.165, 1.54) is 38.1 Å². The SMILES string of the molecule is CC(C)(Oc1ccccc1C(=O)c1cc(Cl)c(Cl)c(S(N)(=O)=O)c1Cl)C(=O)O. The first-order chi connectivity index (χ1) is 12.8. The fourth-order valence-corrected chi connectivity index (χ4v) is 4.26. The quantitative estimate of drug-likeness (QED) is 0.493. The predicted octanol–water partition coefficient (Wildman–Crippen LogP) is 3.77. The Morgan fingerprint density at radius 1 is 1.07 bits per heavy atom. The van der Waals surface area contributed by atoms with Crippen molar-refractivity contribution < 1.29 is 27.9 Å². The molecule has 2 aromatic rings. The van der Waals surface area contributed by atoms with Gasteiger partial charge >= 0.3 is 5.97 Å². The van der Waals surface area contributed by atoms with E-state index in [0.717, 1.165) is 6.07 Å². The number of ether oxygens (including phenoxy) is 1. The standard InChI is InChI=1S/C17H14Cl3NO6S/c1-17(2,16(23)24)27-11-6-4-3-5-8(11)14(22)9-7-10(18)13(20)15(12(9)19)28(21,25)26/h3-7H,1-2H3,(H,23,24)(H2,21,25,26). The van der Waals surface area contributed by atoms with E-state index in [0.29, 0.717) is 0 Å². The highest BCUT2D eigenvalue weighted by atomic mass is 35.5.